The molecule has 0 fully saturated rings. The first-order chi connectivity index (χ1) is 15.6. The van der Waals surface area contributed by atoms with Crippen molar-refractivity contribution in [3.8, 4) is 0 Å². The van der Waals surface area contributed by atoms with E-state index in [0.717, 1.165) is 22.7 Å². The van der Waals surface area contributed by atoms with Crippen molar-refractivity contribution in [1.29, 1.82) is 0 Å². The molecule has 2 aromatic heterocycles. The summed E-state index contributed by atoms with van der Waals surface area (Å²) in [6, 6.07) is 10.9. The molecule has 11 heteroatoms. The van der Waals surface area contributed by atoms with Gasteiger partial charge in [0.2, 0.25) is 5.78 Å². The van der Waals surface area contributed by atoms with Crippen molar-refractivity contribution in [2.24, 2.45) is 0 Å². The van der Waals surface area contributed by atoms with Crippen LogP contribution >= 0.6 is 27.3 Å². The number of Topliss-reactive ketones (excluding diaryl/α,β-unsaturated/α-hetero) is 1. The molecule has 0 aliphatic rings. The maximum atomic E-state index is 12.7. The fourth-order valence-corrected chi connectivity index (χ4v) is 6.37. The topological polar surface area (TPSA) is 104 Å². The molecule has 0 bridgehead atoms. The van der Waals surface area contributed by atoms with Crippen molar-refractivity contribution < 1.29 is 27.5 Å². The number of esters is 1. The predicted molar refractivity (Wildman–Crippen MR) is 130 cm³/mol. The number of ketones is 1. The Morgan fingerprint density at radius 1 is 1.12 bits per heavy atom. The number of carbonyl (C=O) groups is 2. The molecular formula is C22H23BrN2O6S2. The van der Waals surface area contributed by atoms with E-state index in [-0.39, 0.29) is 21.2 Å². The molecule has 8 nitrogen and oxygen atoms in total. The molecule has 0 aliphatic heterocycles. The lowest BCUT2D eigenvalue weighted by Gasteiger charge is -2.11. The number of para-hydroxylation sites is 1. The standard InChI is InChI=1S/C22H23BrN2O6S2/c1-14-12-17(15(2)25(14)10-11-30-3)19(26)13-31-22(27)16-6-4-5-7-18(16)24-33(28,29)21-9-8-20(23)32-21/h4-9,12,24H,10-11,13H2,1-3H3. The molecule has 0 saturated heterocycles. The van der Waals surface area contributed by atoms with Gasteiger partial charge in [0.05, 0.1) is 21.6 Å². The minimum atomic E-state index is -3.89. The van der Waals surface area contributed by atoms with Crippen molar-refractivity contribution in [3.05, 3.63) is 68.8 Å². The highest BCUT2D eigenvalue weighted by Crippen LogP contribution is 2.28. The van der Waals surface area contributed by atoms with E-state index in [1.807, 2.05) is 18.4 Å². The monoisotopic (exact) mass is 554 g/mol. The predicted octanol–water partition coefficient (Wildman–Crippen LogP) is 4.42. The van der Waals surface area contributed by atoms with Crippen LogP contribution in [0.25, 0.3) is 0 Å². The fraction of sp³-hybridized carbons (Fsp3) is 0.273. The molecule has 176 valence electrons. The first-order valence-corrected chi connectivity index (χ1v) is 13.0. The zero-order valence-corrected chi connectivity index (χ0v) is 21.5. The molecule has 3 rings (SSSR count). The number of rotatable bonds is 10. The second-order valence-electron chi connectivity index (χ2n) is 7.14. The van der Waals surface area contributed by atoms with Gasteiger partial charge in [-0.05, 0) is 60.1 Å². The van der Waals surface area contributed by atoms with Crippen LogP contribution in [0.3, 0.4) is 0 Å². The van der Waals surface area contributed by atoms with Gasteiger partial charge in [-0.2, -0.15) is 0 Å². The quantitative estimate of drug-likeness (QED) is 0.294. The van der Waals surface area contributed by atoms with Crippen molar-refractivity contribution >= 4 is 54.7 Å². The summed E-state index contributed by atoms with van der Waals surface area (Å²) in [6.45, 7) is 4.36. The van der Waals surface area contributed by atoms with Crippen LogP contribution in [0.15, 0.2) is 50.5 Å². The van der Waals surface area contributed by atoms with Crippen molar-refractivity contribution in [1.82, 2.24) is 4.57 Å². The molecular weight excluding hydrogens is 532 g/mol. The number of sulfonamides is 1. The summed E-state index contributed by atoms with van der Waals surface area (Å²) in [5.41, 5.74) is 2.21. The minimum Gasteiger partial charge on any atom is -0.454 e. The zero-order chi connectivity index (χ0) is 24.2. The van der Waals surface area contributed by atoms with Crippen molar-refractivity contribution in [2.75, 3.05) is 25.0 Å². The van der Waals surface area contributed by atoms with Gasteiger partial charge >= 0.3 is 5.97 Å². The van der Waals surface area contributed by atoms with Gasteiger partial charge in [0.1, 0.15) is 4.21 Å². The van der Waals surface area contributed by atoms with Gasteiger partial charge in [-0.25, -0.2) is 13.2 Å². The summed E-state index contributed by atoms with van der Waals surface area (Å²) >= 11 is 4.28. The highest BCUT2D eigenvalue weighted by Gasteiger charge is 2.22. The summed E-state index contributed by atoms with van der Waals surface area (Å²) in [4.78, 5) is 25.4. The van der Waals surface area contributed by atoms with Crippen LogP contribution < -0.4 is 4.72 Å². The van der Waals surface area contributed by atoms with Crippen molar-refractivity contribution in [2.45, 2.75) is 24.6 Å². The van der Waals surface area contributed by atoms with Crippen LogP contribution in [0.2, 0.25) is 0 Å². The Bertz CT molecular complexity index is 1280. The number of nitrogens with zero attached hydrogens (tertiary/aromatic N) is 1. The maximum Gasteiger partial charge on any atom is 0.340 e. The number of anilines is 1. The number of methoxy groups -OCH3 is 1. The first-order valence-electron chi connectivity index (χ1n) is 9.87. The third kappa shape index (κ3) is 5.91. The lowest BCUT2D eigenvalue weighted by Crippen LogP contribution is -2.18. The van der Waals surface area contributed by atoms with Gasteiger partial charge in [0.25, 0.3) is 10.0 Å². The summed E-state index contributed by atoms with van der Waals surface area (Å²) in [7, 11) is -2.28. The average Bonchev–Trinajstić information content (AvgIpc) is 3.34. The van der Waals surface area contributed by atoms with Gasteiger partial charge < -0.3 is 14.0 Å². The highest BCUT2D eigenvalue weighted by atomic mass is 79.9. The molecule has 33 heavy (non-hydrogen) atoms. The van der Waals surface area contributed by atoms with Crippen LogP contribution in [0.1, 0.15) is 32.1 Å². The molecule has 0 atom stereocenters. The Hall–Kier alpha value is -2.47. The summed E-state index contributed by atoms with van der Waals surface area (Å²) in [5.74, 6) is -1.15. The van der Waals surface area contributed by atoms with E-state index in [0.29, 0.717) is 22.5 Å². The molecule has 0 unspecified atom stereocenters. The van der Waals surface area contributed by atoms with Crippen LogP contribution in [0.5, 0.6) is 0 Å². The third-order valence-electron chi connectivity index (χ3n) is 4.93. The van der Waals surface area contributed by atoms with Gasteiger partial charge in [0.15, 0.2) is 6.61 Å². The summed E-state index contributed by atoms with van der Waals surface area (Å²) in [6.07, 6.45) is 0. The van der Waals surface area contributed by atoms with Gasteiger partial charge in [0, 0.05) is 30.6 Å². The number of ether oxygens (including phenoxy) is 2. The Balaban J connectivity index is 1.72. The second-order valence-corrected chi connectivity index (χ2v) is 11.5. The molecule has 0 saturated carbocycles. The summed E-state index contributed by atoms with van der Waals surface area (Å²) in [5, 5.41) is 0. The van der Waals surface area contributed by atoms with E-state index in [1.54, 1.807) is 31.4 Å². The maximum absolute atomic E-state index is 12.7. The zero-order valence-electron chi connectivity index (χ0n) is 18.3. The van der Waals surface area contributed by atoms with E-state index in [2.05, 4.69) is 20.7 Å². The largest absolute Gasteiger partial charge is 0.454 e. The molecule has 1 aromatic carbocycles. The van der Waals surface area contributed by atoms with Gasteiger partial charge in [-0.15, -0.1) is 11.3 Å². The molecule has 0 spiro atoms. The van der Waals surface area contributed by atoms with Gasteiger partial charge in [-0.3, -0.25) is 9.52 Å². The van der Waals surface area contributed by atoms with Crippen LogP contribution in [0, 0.1) is 13.8 Å². The molecule has 0 amide bonds. The van der Waals surface area contributed by atoms with Crippen molar-refractivity contribution in [3.63, 3.8) is 0 Å². The van der Waals surface area contributed by atoms with Gasteiger partial charge in [-0.1, -0.05) is 12.1 Å². The minimum absolute atomic E-state index is 0.00932. The number of benzene rings is 1. The normalized spacial score (nSPS) is 11.4. The molecule has 0 radical (unpaired) electrons. The Morgan fingerprint density at radius 3 is 2.52 bits per heavy atom. The number of halogens is 1. The number of thiophene rings is 1. The Kier molecular flexibility index (Phi) is 8.11. The number of hydrogen-bond acceptors (Lipinski definition) is 7. The average molecular weight is 555 g/mol. The Labute approximate surface area is 204 Å². The molecule has 0 aliphatic carbocycles. The second kappa shape index (κ2) is 10.6. The number of aryl methyl sites for hydroxylation is 1. The lowest BCUT2D eigenvalue weighted by atomic mass is 10.1. The number of aromatic nitrogens is 1. The molecule has 2 heterocycles. The van der Waals surface area contributed by atoms with E-state index in [1.165, 1.54) is 18.2 Å². The highest BCUT2D eigenvalue weighted by molar-refractivity contribution is 9.11. The number of nitrogens with one attached hydrogen (secondary N) is 1. The third-order valence-corrected chi connectivity index (χ3v) is 8.41. The van der Waals surface area contributed by atoms with E-state index >= 15 is 0 Å². The fourth-order valence-electron chi connectivity index (χ4n) is 3.28. The van der Waals surface area contributed by atoms with Crippen LogP contribution in [0.4, 0.5) is 5.69 Å². The smallest absolute Gasteiger partial charge is 0.340 e. The van der Waals surface area contributed by atoms with E-state index < -0.39 is 22.6 Å². The number of carbonyl (C=O) groups excluding carboxylic acids is 2. The lowest BCUT2D eigenvalue weighted by molar-refractivity contribution is 0.0475. The SMILES string of the molecule is COCCn1c(C)cc(C(=O)COC(=O)c2ccccc2NS(=O)(=O)c2ccc(Br)s2)c1C. The summed E-state index contributed by atoms with van der Waals surface area (Å²) < 4.78 is 40.8. The van der Waals surface area contributed by atoms with E-state index in [4.69, 9.17) is 9.47 Å². The number of hydrogen-bond donors (Lipinski definition) is 1. The van der Waals surface area contributed by atoms with E-state index in [9.17, 15) is 18.0 Å². The Morgan fingerprint density at radius 2 is 1.85 bits per heavy atom. The first kappa shape index (κ1) is 25.2. The molecule has 1 N–H and O–H groups in total. The molecule has 3 aromatic rings. The van der Waals surface area contributed by atoms with Crippen LogP contribution in [-0.2, 0) is 26.0 Å². The van der Waals surface area contributed by atoms with Crippen LogP contribution in [-0.4, -0.2) is 45.1 Å².